The molecular formula is C19H19F3N8. The van der Waals surface area contributed by atoms with Crippen molar-refractivity contribution in [3.8, 4) is 11.5 Å². The van der Waals surface area contributed by atoms with Gasteiger partial charge in [0, 0.05) is 44.0 Å². The first-order valence-corrected chi connectivity index (χ1v) is 9.32. The van der Waals surface area contributed by atoms with E-state index < -0.39 is 11.7 Å². The highest BCUT2D eigenvalue weighted by Gasteiger charge is 2.32. The average Bonchev–Trinajstić information content (AvgIpc) is 3.36. The lowest BCUT2D eigenvalue weighted by Gasteiger charge is -2.40. The van der Waals surface area contributed by atoms with Gasteiger partial charge < -0.3 is 9.74 Å². The number of rotatable bonds is 4. The van der Waals surface area contributed by atoms with Crippen LogP contribution in [0.4, 0.5) is 24.8 Å². The van der Waals surface area contributed by atoms with Gasteiger partial charge in [-0.3, -0.25) is 15.0 Å². The van der Waals surface area contributed by atoms with Crippen molar-refractivity contribution in [1.82, 2.24) is 30.0 Å². The molecule has 0 saturated carbocycles. The number of imidazole rings is 1. The molecule has 1 aliphatic heterocycles. The van der Waals surface area contributed by atoms with E-state index in [1.54, 1.807) is 6.20 Å². The number of pyridine rings is 1. The minimum atomic E-state index is -4.39. The highest BCUT2D eigenvalue weighted by Crippen LogP contribution is 2.30. The lowest BCUT2D eigenvalue weighted by Crippen LogP contribution is -2.51. The molecule has 4 rings (SSSR count). The van der Waals surface area contributed by atoms with Crippen LogP contribution in [0.15, 0.2) is 30.7 Å². The Morgan fingerprint density at radius 1 is 1.20 bits per heavy atom. The zero-order chi connectivity index (χ0) is 21.3. The van der Waals surface area contributed by atoms with Crippen LogP contribution in [0.2, 0.25) is 0 Å². The third kappa shape index (κ3) is 3.99. The molecule has 1 atom stereocenters. The van der Waals surface area contributed by atoms with Crippen LogP contribution < -0.4 is 4.90 Å². The van der Waals surface area contributed by atoms with Crippen LogP contribution in [-0.2, 0) is 12.7 Å². The van der Waals surface area contributed by atoms with E-state index in [0.717, 1.165) is 36.6 Å². The summed E-state index contributed by atoms with van der Waals surface area (Å²) in [6.45, 7) is 11.8. The highest BCUT2D eigenvalue weighted by molar-refractivity contribution is 5.57. The average molecular weight is 416 g/mol. The largest absolute Gasteiger partial charge is 0.417 e. The fourth-order valence-corrected chi connectivity index (χ4v) is 3.61. The van der Waals surface area contributed by atoms with Crippen LogP contribution in [0.3, 0.4) is 0 Å². The maximum Gasteiger partial charge on any atom is 0.417 e. The van der Waals surface area contributed by atoms with Crippen molar-refractivity contribution < 1.29 is 13.2 Å². The predicted molar refractivity (Wildman–Crippen MR) is 104 cm³/mol. The van der Waals surface area contributed by atoms with Gasteiger partial charge in [-0.25, -0.2) is 9.97 Å². The van der Waals surface area contributed by atoms with Crippen molar-refractivity contribution in [3.05, 3.63) is 53.3 Å². The zero-order valence-electron chi connectivity index (χ0n) is 16.1. The van der Waals surface area contributed by atoms with Crippen LogP contribution >= 0.6 is 0 Å². The Balaban J connectivity index is 1.42. The van der Waals surface area contributed by atoms with Crippen molar-refractivity contribution in [2.45, 2.75) is 25.7 Å². The Morgan fingerprint density at radius 2 is 2.03 bits per heavy atom. The molecule has 1 aliphatic rings. The van der Waals surface area contributed by atoms with E-state index in [0.29, 0.717) is 30.5 Å². The molecule has 3 aromatic heterocycles. The van der Waals surface area contributed by atoms with E-state index in [9.17, 15) is 13.2 Å². The molecular weight excluding hydrogens is 397 g/mol. The van der Waals surface area contributed by atoms with E-state index in [4.69, 9.17) is 6.57 Å². The third-order valence-electron chi connectivity index (χ3n) is 5.11. The minimum Gasteiger partial charge on any atom is -0.363 e. The number of hydrogen-bond donors (Lipinski definition) is 2. The summed E-state index contributed by atoms with van der Waals surface area (Å²) in [5.41, 5.74) is 0.947. The van der Waals surface area contributed by atoms with Gasteiger partial charge >= 0.3 is 6.18 Å². The SMILES string of the molecule is [C-]#[N+]c1cnc(-c2[nH]ncc2CN2CCN(c3ccc(C(F)(F)F)cn3)[C@H](C)C2)[nH]1. The highest BCUT2D eigenvalue weighted by atomic mass is 19.4. The Hall–Kier alpha value is -3.39. The monoisotopic (exact) mass is 416 g/mol. The van der Waals surface area contributed by atoms with Gasteiger partial charge in [0.25, 0.3) is 0 Å². The lowest BCUT2D eigenvalue weighted by molar-refractivity contribution is -0.137. The summed E-state index contributed by atoms with van der Waals surface area (Å²) in [5, 5.41) is 7.03. The van der Waals surface area contributed by atoms with Crippen LogP contribution in [0.1, 0.15) is 18.1 Å². The van der Waals surface area contributed by atoms with Crippen LogP contribution in [0, 0.1) is 6.57 Å². The first-order chi connectivity index (χ1) is 14.3. The minimum absolute atomic E-state index is 0.0793. The fraction of sp³-hybridized carbons (Fsp3) is 0.368. The summed E-state index contributed by atoms with van der Waals surface area (Å²) in [7, 11) is 0. The van der Waals surface area contributed by atoms with Gasteiger partial charge in [-0.1, -0.05) is 6.57 Å². The van der Waals surface area contributed by atoms with E-state index >= 15 is 0 Å². The molecule has 156 valence electrons. The first-order valence-electron chi connectivity index (χ1n) is 9.32. The van der Waals surface area contributed by atoms with Crippen LogP contribution in [-0.4, -0.2) is 55.7 Å². The van der Waals surface area contributed by atoms with Crippen LogP contribution in [0.5, 0.6) is 0 Å². The number of aromatic nitrogens is 5. The predicted octanol–water partition coefficient (Wildman–Crippen LogP) is 3.48. The Bertz CT molecular complexity index is 1050. The number of anilines is 1. The van der Waals surface area contributed by atoms with E-state index in [1.165, 1.54) is 12.3 Å². The normalized spacial score (nSPS) is 17.8. The number of alkyl halides is 3. The number of nitrogens with zero attached hydrogens (tertiary/aromatic N) is 6. The number of piperazine rings is 1. The molecule has 11 heteroatoms. The topological polar surface area (TPSA) is 81.1 Å². The molecule has 0 unspecified atom stereocenters. The van der Waals surface area contributed by atoms with Gasteiger partial charge in [0.2, 0.25) is 11.6 Å². The van der Waals surface area contributed by atoms with Crippen molar-refractivity contribution >= 4 is 11.6 Å². The molecule has 0 spiro atoms. The summed E-state index contributed by atoms with van der Waals surface area (Å²) in [4.78, 5) is 18.8. The first kappa shape index (κ1) is 19.9. The van der Waals surface area contributed by atoms with E-state index in [1.807, 2.05) is 11.8 Å². The standard InChI is InChI=1S/C19H19F3N8/c1-12-10-29(5-6-30(12)16-4-3-14(8-24-16)19(20,21)22)11-13-7-26-28-17(13)18-25-9-15(23-2)27-18/h3-4,7-9,12H,5-6,10-11H2,1H3,(H,25,27)(H,26,28)/t12-/m1/s1. The lowest BCUT2D eigenvalue weighted by atomic mass is 10.1. The molecule has 0 aliphatic carbocycles. The fourth-order valence-electron chi connectivity index (χ4n) is 3.61. The Morgan fingerprint density at radius 3 is 2.67 bits per heavy atom. The quantitative estimate of drug-likeness (QED) is 0.637. The van der Waals surface area contributed by atoms with Gasteiger partial charge in [-0.15, -0.1) is 0 Å². The van der Waals surface area contributed by atoms with Gasteiger partial charge in [0.15, 0.2) is 0 Å². The Labute approximate surface area is 170 Å². The van der Waals surface area contributed by atoms with E-state index in [-0.39, 0.29) is 6.04 Å². The van der Waals surface area contributed by atoms with Gasteiger partial charge in [0.1, 0.15) is 11.5 Å². The molecule has 0 aromatic carbocycles. The summed E-state index contributed by atoms with van der Waals surface area (Å²) in [6.07, 6.45) is -0.288. The van der Waals surface area contributed by atoms with Gasteiger partial charge in [-0.2, -0.15) is 18.3 Å². The second kappa shape index (κ2) is 7.79. The number of halogens is 3. The maximum absolute atomic E-state index is 12.8. The van der Waals surface area contributed by atoms with Crippen molar-refractivity contribution in [2.24, 2.45) is 0 Å². The zero-order valence-corrected chi connectivity index (χ0v) is 16.1. The molecule has 1 fully saturated rings. The smallest absolute Gasteiger partial charge is 0.363 e. The molecule has 0 radical (unpaired) electrons. The molecule has 2 N–H and O–H groups in total. The molecule has 4 heterocycles. The molecule has 8 nitrogen and oxygen atoms in total. The number of H-pyrrole nitrogens is 2. The molecule has 0 bridgehead atoms. The summed E-state index contributed by atoms with van der Waals surface area (Å²) < 4.78 is 38.3. The van der Waals surface area contributed by atoms with Crippen molar-refractivity contribution in [1.29, 1.82) is 0 Å². The Kier molecular flexibility index (Phi) is 5.17. The van der Waals surface area contributed by atoms with Gasteiger partial charge in [0.05, 0.1) is 18.0 Å². The third-order valence-corrected chi connectivity index (χ3v) is 5.11. The summed E-state index contributed by atoms with van der Waals surface area (Å²) in [5.74, 6) is 1.47. The maximum atomic E-state index is 12.8. The number of hydrogen-bond acceptors (Lipinski definition) is 5. The molecule has 0 amide bonds. The summed E-state index contributed by atoms with van der Waals surface area (Å²) in [6, 6.07) is 2.57. The molecule has 3 aromatic rings. The van der Waals surface area contributed by atoms with Crippen molar-refractivity contribution in [2.75, 3.05) is 24.5 Å². The van der Waals surface area contributed by atoms with E-state index in [2.05, 4.69) is 34.9 Å². The summed E-state index contributed by atoms with van der Waals surface area (Å²) >= 11 is 0. The number of aromatic amines is 2. The van der Waals surface area contributed by atoms with Gasteiger partial charge in [-0.05, 0) is 19.1 Å². The second-order valence-electron chi connectivity index (χ2n) is 7.18. The molecule has 1 saturated heterocycles. The number of nitrogens with one attached hydrogen (secondary N) is 2. The second-order valence-corrected chi connectivity index (χ2v) is 7.18. The molecule has 30 heavy (non-hydrogen) atoms. The van der Waals surface area contributed by atoms with Crippen LogP contribution in [0.25, 0.3) is 16.4 Å². The van der Waals surface area contributed by atoms with Crippen molar-refractivity contribution in [3.63, 3.8) is 0 Å².